The number of piperidine rings is 1. The number of halogens is 2. The molecule has 1 aromatic carbocycles. The molecule has 0 radical (unpaired) electrons. The normalized spacial score (nSPS) is 18.3. The van der Waals surface area contributed by atoms with Crippen LogP contribution >= 0.6 is 23.2 Å². The third-order valence-corrected chi connectivity index (χ3v) is 4.74. The maximum atomic E-state index is 12.6. The van der Waals surface area contributed by atoms with Crippen LogP contribution in [0.4, 0.5) is 0 Å². The highest BCUT2D eigenvalue weighted by Gasteiger charge is 2.27. The van der Waals surface area contributed by atoms with Crippen LogP contribution in [-0.2, 0) is 16.0 Å². The zero-order valence-corrected chi connectivity index (χ0v) is 13.7. The van der Waals surface area contributed by atoms with E-state index in [1.54, 1.807) is 23.1 Å². The van der Waals surface area contributed by atoms with Gasteiger partial charge >= 0.3 is 5.97 Å². The maximum Gasteiger partial charge on any atom is 0.303 e. The van der Waals surface area contributed by atoms with Gasteiger partial charge in [0.2, 0.25) is 5.91 Å². The number of carboxylic acid groups (broad SMARTS) is 1. The van der Waals surface area contributed by atoms with E-state index in [0.717, 1.165) is 19.3 Å². The number of amides is 1. The molecule has 1 aliphatic rings. The highest BCUT2D eigenvalue weighted by atomic mass is 35.5. The minimum Gasteiger partial charge on any atom is -0.481 e. The molecular formula is C16H19Cl2NO3. The molecule has 6 heteroatoms. The minimum atomic E-state index is -0.827. The molecule has 1 heterocycles. The van der Waals surface area contributed by atoms with Crippen molar-refractivity contribution in [2.45, 2.75) is 44.6 Å². The Kier molecular flexibility index (Phi) is 6.09. The van der Waals surface area contributed by atoms with Gasteiger partial charge in [-0.1, -0.05) is 29.3 Å². The van der Waals surface area contributed by atoms with Gasteiger partial charge in [-0.05, 0) is 43.4 Å². The monoisotopic (exact) mass is 343 g/mol. The summed E-state index contributed by atoms with van der Waals surface area (Å²) in [5.41, 5.74) is 0.637. The van der Waals surface area contributed by atoms with E-state index in [9.17, 15) is 9.59 Å². The number of rotatable bonds is 5. The summed E-state index contributed by atoms with van der Waals surface area (Å²) < 4.78 is 0. The van der Waals surface area contributed by atoms with Crippen LogP contribution in [0, 0.1) is 0 Å². The van der Waals surface area contributed by atoms with Gasteiger partial charge in [-0.15, -0.1) is 0 Å². The molecule has 0 bridgehead atoms. The topological polar surface area (TPSA) is 57.6 Å². The van der Waals surface area contributed by atoms with Gasteiger partial charge in [0.25, 0.3) is 0 Å². The fraction of sp³-hybridized carbons (Fsp3) is 0.500. The number of carboxylic acids is 1. The Bertz CT molecular complexity index is 542. The van der Waals surface area contributed by atoms with E-state index >= 15 is 0 Å². The quantitative estimate of drug-likeness (QED) is 0.884. The predicted octanol–water partition coefficient (Wildman–Crippen LogP) is 3.78. The van der Waals surface area contributed by atoms with Crippen LogP contribution in [0.5, 0.6) is 0 Å². The van der Waals surface area contributed by atoms with Crippen molar-refractivity contribution in [2.75, 3.05) is 6.54 Å². The summed E-state index contributed by atoms with van der Waals surface area (Å²) in [6.45, 7) is 0.672. The Morgan fingerprint density at radius 1 is 1.23 bits per heavy atom. The highest BCUT2D eigenvalue weighted by Crippen LogP contribution is 2.27. The van der Waals surface area contributed by atoms with Crippen molar-refractivity contribution in [3.05, 3.63) is 33.8 Å². The predicted molar refractivity (Wildman–Crippen MR) is 86.4 cm³/mol. The van der Waals surface area contributed by atoms with Gasteiger partial charge in [0, 0.05) is 29.1 Å². The third kappa shape index (κ3) is 4.37. The molecule has 0 aliphatic carbocycles. The van der Waals surface area contributed by atoms with Crippen molar-refractivity contribution in [1.82, 2.24) is 4.90 Å². The van der Waals surface area contributed by atoms with E-state index in [1.165, 1.54) is 0 Å². The Morgan fingerprint density at radius 2 is 1.91 bits per heavy atom. The Morgan fingerprint density at radius 3 is 2.55 bits per heavy atom. The van der Waals surface area contributed by atoms with E-state index in [1.807, 2.05) is 0 Å². The number of carbonyl (C=O) groups excluding carboxylic acids is 1. The van der Waals surface area contributed by atoms with Crippen LogP contribution in [0.3, 0.4) is 0 Å². The van der Waals surface area contributed by atoms with Crippen molar-refractivity contribution in [1.29, 1.82) is 0 Å². The molecule has 22 heavy (non-hydrogen) atoms. The van der Waals surface area contributed by atoms with Crippen LogP contribution in [0.25, 0.3) is 0 Å². The number of hydrogen-bond acceptors (Lipinski definition) is 2. The molecule has 1 aliphatic heterocycles. The molecule has 1 aromatic rings. The lowest BCUT2D eigenvalue weighted by Gasteiger charge is -2.36. The summed E-state index contributed by atoms with van der Waals surface area (Å²) in [6.07, 6.45) is 3.57. The first-order valence-corrected chi connectivity index (χ1v) is 8.18. The van der Waals surface area contributed by atoms with Gasteiger partial charge in [-0.3, -0.25) is 9.59 Å². The highest BCUT2D eigenvalue weighted by molar-refractivity contribution is 6.36. The zero-order valence-electron chi connectivity index (χ0n) is 12.2. The van der Waals surface area contributed by atoms with Gasteiger partial charge < -0.3 is 10.0 Å². The molecular weight excluding hydrogens is 325 g/mol. The zero-order chi connectivity index (χ0) is 16.1. The fourth-order valence-corrected chi connectivity index (χ4v) is 3.40. The molecule has 2 rings (SSSR count). The molecule has 0 saturated carbocycles. The minimum absolute atomic E-state index is 0.00128. The number of aliphatic carboxylic acids is 1. The van der Waals surface area contributed by atoms with Crippen molar-refractivity contribution in [3.8, 4) is 0 Å². The largest absolute Gasteiger partial charge is 0.481 e. The number of likely N-dealkylation sites (tertiary alicyclic amines) is 1. The van der Waals surface area contributed by atoms with Crippen LogP contribution in [0.2, 0.25) is 10.0 Å². The van der Waals surface area contributed by atoms with E-state index < -0.39 is 5.97 Å². The first-order chi connectivity index (χ1) is 10.5. The van der Waals surface area contributed by atoms with Gasteiger partial charge in [-0.25, -0.2) is 0 Å². The molecule has 1 atom stereocenters. The van der Waals surface area contributed by atoms with Gasteiger partial charge in [0.1, 0.15) is 0 Å². The average Bonchev–Trinajstić information content (AvgIpc) is 2.49. The van der Waals surface area contributed by atoms with E-state index in [0.29, 0.717) is 28.6 Å². The van der Waals surface area contributed by atoms with Crippen molar-refractivity contribution < 1.29 is 14.7 Å². The lowest BCUT2D eigenvalue weighted by Crippen LogP contribution is -2.44. The Labute approximate surface area is 140 Å². The summed E-state index contributed by atoms with van der Waals surface area (Å²) >= 11 is 12.2. The molecule has 1 unspecified atom stereocenters. The van der Waals surface area contributed by atoms with E-state index in [2.05, 4.69) is 0 Å². The van der Waals surface area contributed by atoms with Crippen LogP contribution in [-0.4, -0.2) is 34.5 Å². The molecule has 1 N–H and O–H groups in total. The first kappa shape index (κ1) is 17.1. The van der Waals surface area contributed by atoms with Gasteiger partial charge in [0.05, 0.1) is 6.42 Å². The van der Waals surface area contributed by atoms with Gasteiger partial charge in [0.15, 0.2) is 0 Å². The summed E-state index contributed by atoms with van der Waals surface area (Å²) in [4.78, 5) is 25.1. The number of hydrogen-bond donors (Lipinski definition) is 1. The second-order valence-electron chi connectivity index (χ2n) is 5.55. The first-order valence-electron chi connectivity index (χ1n) is 7.43. The Balaban J connectivity index is 2.07. The summed E-state index contributed by atoms with van der Waals surface area (Å²) in [6, 6.07) is 5.18. The maximum absolute atomic E-state index is 12.6. The average molecular weight is 344 g/mol. The third-order valence-electron chi connectivity index (χ3n) is 4.03. The number of benzene rings is 1. The van der Waals surface area contributed by atoms with Crippen LogP contribution in [0.15, 0.2) is 18.2 Å². The molecule has 0 spiro atoms. The van der Waals surface area contributed by atoms with Gasteiger partial charge in [-0.2, -0.15) is 0 Å². The summed E-state index contributed by atoms with van der Waals surface area (Å²) in [5, 5.41) is 9.81. The van der Waals surface area contributed by atoms with Crippen molar-refractivity contribution >= 4 is 35.1 Å². The van der Waals surface area contributed by atoms with E-state index in [4.69, 9.17) is 28.3 Å². The molecule has 120 valence electrons. The number of carbonyl (C=O) groups is 2. The SMILES string of the molecule is O=C(O)CCC1CCCCN1C(=O)Cc1c(Cl)cccc1Cl. The second kappa shape index (κ2) is 7.84. The standard InChI is InChI=1S/C16H19Cl2NO3/c17-13-5-3-6-14(18)12(13)10-15(20)19-9-2-1-4-11(19)7-8-16(21)22/h3,5-6,11H,1-2,4,7-10H2,(H,21,22). The smallest absolute Gasteiger partial charge is 0.303 e. The molecule has 1 fully saturated rings. The second-order valence-corrected chi connectivity index (χ2v) is 6.36. The summed E-state index contributed by atoms with van der Waals surface area (Å²) in [5.74, 6) is -0.864. The van der Waals surface area contributed by atoms with E-state index in [-0.39, 0.29) is 24.8 Å². The van der Waals surface area contributed by atoms with Crippen molar-refractivity contribution in [2.24, 2.45) is 0 Å². The van der Waals surface area contributed by atoms with Crippen LogP contribution in [0.1, 0.15) is 37.7 Å². The lowest BCUT2D eigenvalue weighted by molar-refractivity contribution is -0.139. The summed E-state index contributed by atoms with van der Waals surface area (Å²) in [7, 11) is 0. The molecule has 1 amide bonds. The lowest BCUT2D eigenvalue weighted by atomic mass is 9.97. The number of nitrogens with zero attached hydrogens (tertiary/aromatic N) is 1. The van der Waals surface area contributed by atoms with Crippen LogP contribution < -0.4 is 0 Å². The van der Waals surface area contributed by atoms with Crippen molar-refractivity contribution in [3.63, 3.8) is 0 Å². The molecule has 0 aromatic heterocycles. The fourth-order valence-electron chi connectivity index (χ4n) is 2.87. The molecule has 4 nitrogen and oxygen atoms in total. The Hall–Kier alpha value is -1.26. The molecule has 1 saturated heterocycles.